The van der Waals surface area contributed by atoms with Crippen LogP contribution in [0.4, 0.5) is 0 Å². The molecule has 0 amide bonds. The van der Waals surface area contributed by atoms with Crippen LogP contribution in [0.25, 0.3) is 0 Å². The SMILES string of the molecule is N#Cc1ccccc1OCCCn1ccc(=O)[nH]c1=O. The molecule has 0 aliphatic carbocycles. The average Bonchev–Trinajstić information content (AvgIpc) is 2.46. The third kappa shape index (κ3) is 3.36. The number of nitriles is 1. The van der Waals surface area contributed by atoms with Crippen molar-refractivity contribution < 1.29 is 4.74 Å². The van der Waals surface area contributed by atoms with E-state index in [-0.39, 0.29) is 0 Å². The van der Waals surface area contributed by atoms with Crippen molar-refractivity contribution in [2.45, 2.75) is 13.0 Å². The van der Waals surface area contributed by atoms with E-state index in [1.165, 1.54) is 16.8 Å². The summed E-state index contributed by atoms with van der Waals surface area (Å²) in [5.74, 6) is 0.531. The van der Waals surface area contributed by atoms with Gasteiger partial charge in [-0.15, -0.1) is 0 Å². The van der Waals surface area contributed by atoms with E-state index in [0.717, 1.165) is 0 Å². The van der Waals surface area contributed by atoms with Gasteiger partial charge in [-0.25, -0.2) is 4.79 Å². The van der Waals surface area contributed by atoms with Gasteiger partial charge in [0.2, 0.25) is 0 Å². The lowest BCUT2D eigenvalue weighted by molar-refractivity contribution is 0.299. The Morgan fingerprint density at radius 3 is 2.80 bits per heavy atom. The standard InChI is InChI=1S/C14H13N3O3/c15-10-11-4-1-2-5-12(11)20-9-3-7-17-8-6-13(18)16-14(17)19/h1-2,4-6,8H,3,7,9H2,(H,16,18,19). The fourth-order valence-electron chi connectivity index (χ4n) is 1.72. The number of aromatic amines is 1. The van der Waals surface area contributed by atoms with Crippen LogP contribution in [0.15, 0.2) is 46.1 Å². The molecule has 6 nitrogen and oxygen atoms in total. The van der Waals surface area contributed by atoms with Crippen LogP contribution in [0.2, 0.25) is 0 Å². The Morgan fingerprint density at radius 1 is 1.25 bits per heavy atom. The number of H-pyrrole nitrogens is 1. The fraction of sp³-hybridized carbons (Fsp3) is 0.214. The second-order valence-electron chi connectivity index (χ2n) is 4.11. The molecular weight excluding hydrogens is 258 g/mol. The second-order valence-corrected chi connectivity index (χ2v) is 4.11. The van der Waals surface area contributed by atoms with Crippen LogP contribution >= 0.6 is 0 Å². The smallest absolute Gasteiger partial charge is 0.328 e. The van der Waals surface area contributed by atoms with Crippen LogP contribution < -0.4 is 16.0 Å². The van der Waals surface area contributed by atoms with Crippen molar-refractivity contribution in [2.24, 2.45) is 0 Å². The van der Waals surface area contributed by atoms with E-state index in [0.29, 0.717) is 30.9 Å². The molecule has 1 aromatic carbocycles. The van der Waals surface area contributed by atoms with Crippen LogP contribution in [0, 0.1) is 11.3 Å². The molecule has 2 rings (SSSR count). The molecule has 0 aliphatic rings. The van der Waals surface area contributed by atoms with Gasteiger partial charge in [-0.1, -0.05) is 12.1 Å². The first kappa shape index (κ1) is 13.6. The van der Waals surface area contributed by atoms with Crippen molar-refractivity contribution in [3.63, 3.8) is 0 Å². The first-order valence-electron chi connectivity index (χ1n) is 6.12. The highest BCUT2D eigenvalue weighted by Crippen LogP contribution is 2.16. The molecule has 20 heavy (non-hydrogen) atoms. The van der Waals surface area contributed by atoms with Gasteiger partial charge in [-0.2, -0.15) is 5.26 Å². The number of ether oxygens (including phenoxy) is 1. The largest absolute Gasteiger partial charge is 0.492 e. The maximum absolute atomic E-state index is 11.4. The zero-order valence-electron chi connectivity index (χ0n) is 10.7. The summed E-state index contributed by atoms with van der Waals surface area (Å²) in [7, 11) is 0. The highest BCUT2D eigenvalue weighted by atomic mass is 16.5. The number of rotatable bonds is 5. The zero-order chi connectivity index (χ0) is 14.4. The van der Waals surface area contributed by atoms with E-state index in [4.69, 9.17) is 10.00 Å². The molecule has 0 radical (unpaired) electrons. The Kier molecular flexibility index (Phi) is 4.35. The molecule has 0 saturated carbocycles. The van der Waals surface area contributed by atoms with Crippen LogP contribution in [0.1, 0.15) is 12.0 Å². The van der Waals surface area contributed by atoms with Crippen molar-refractivity contribution >= 4 is 0 Å². The van der Waals surface area contributed by atoms with Gasteiger partial charge in [-0.3, -0.25) is 9.78 Å². The summed E-state index contributed by atoms with van der Waals surface area (Å²) >= 11 is 0. The van der Waals surface area contributed by atoms with Gasteiger partial charge in [0.05, 0.1) is 12.2 Å². The summed E-state index contributed by atoms with van der Waals surface area (Å²) in [5, 5.41) is 8.91. The quantitative estimate of drug-likeness (QED) is 0.817. The Balaban J connectivity index is 1.89. The minimum absolute atomic E-state index is 0.379. The lowest BCUT2D eigenvalue weighted by atomic mass is 10.2. The first-order valence-corrected chi connectivity index (χ1v) is 6.12. The number of benzene rings is 1. The number of hydrogen-bond donors (Lipinski definition) is 1. The number of hydrogen-bond acceptors (Lipinski definition) is 4. The lowest BCUT2D eigenvalue weighted by Crippen LogP contribution is -2.29. The van der Waals surface area contributed by atoms with Crippen molar-refractivity contribution in [1.82, 2.24) is 9.55 Å². The molecule has 0 unspecified atom stereocenters. The number of aromatic nitrogens is 2. The monoisotopic (exact) mass is 271 g/mol. The van der Waals surface area contributed by atoms with Gasteiger partial charge in [0.1, 0.15) is 11.8 Å². The second kappa shape index (κ2) is 6.38. The van der Waals surface area contributed by atoms with E-state index in [1.54, 1.807) is 24.3 Å². The molecule has 0 aliphatic heterocycles. The number of nitrogens with zero attached hydrogens (tertiary/aromatic N) is 2. The Morgan fingerprint density at radius 2 is 2.05 bits per heavy atom. The summed E-state index contributed by atoms with van der Waals surface area (Å²) in [6.45, 7) is 0.814. The maximum Gasteiger partial charge on any atom is 0.328 e. The van der Waals surface area contributed by atoms with E-state index < -0.39 is 11.2 Å². The predicted molar refractivity (Wildman–Crippen MR) is 72.6 cm³/mol. The highest BCUT2D eigenvalue weighted by molar-refractivity contribution is 5.42. The summed E-state index contributed by atoms with van der Waals surface area (Å²) < 4.78 is 6.91. The lowest BCUT2D eigenvalue weighted by Gasteiger charge is -2.08. The van der Waals surface area contributed by atoms with Gasteiger partial charge in [-0.05, 0) is 18.6 Å². The molecule has 0 fully saturated rings. The molecule has 1 aromatic heterocycles. The molecule has 102 valence electrons. The molecule has 0 atom stereocenters. The molecule has 1 N–H and O–H groups in total. The Labute approximate surface area is 114 Å². The molecule has 0 saturated heterocycles. The van der Waals surface area contributed by atoms with Crippen LogP contribution in [-0.4, -0.2) is 16.2 Å². The van der Waals surface area contributed by atoms with Crippen molar-refractivity contribution in [3.05, 3.63) is 62.9 Å². The van der Waals surface area contributed by atoms with Gasteiger partial charge in [0, 0.05) is 18.8 Å². The Bertz CT molecular complexity index is 740. The molecular formula is C14H13N3O3. The zero-order valence-corrected chi connectivity index (χ0v) is 10.7. The molecule has 6 heteroatoms. The summed E-state index contributed by atoms with van der Waals surface area (Å²) in [4.78, 5) is 24.5. The van der Waals surface area contributed by atoms with E-state index in [2.05, 4.69) is 4.98 Å². The number of nitrogens with one attached hydrogen (secondary N) is 1. The molecule has 2 aromatic rings. The third-order valence-corrected chi connectivity index (χ3v) is 2.71. The summed E-state index contributed by atoms with van der Waals surface area (Å²) in [6, 6.07) is 10.3. The average molecular weight is 271 g/mol. The summed E-state index contributed by atoms with van der Waals surface area (Å²) in [6.07, 6.45) is 2.04. The molecule has 0 bridgehead atoms. The number of aryl methyl sites for hydroxylation is 1. The van der Waals surface area contributed by atoms with Crippen LogP contribution in [-0.2, 0) is 6.54 Å². The Hall–Kier alpha value is -2.81. The number of para-hydroxylation sites is 1. The van der Waals surface area contributed by atoms with E-state index >= 15 is 0 Å². The van der Waals surface area contributed by atoms with Gasteiger partial charge >= 0.3 is 5.69 Å². The van der Waals surface area contributed by atoms with Crippen molar-refractivity contribution in [2.75, 3.05) is 6.61 Å². The van der Waals surface area contributed by atoms with Gasteiger partial charge in [0.15, 0.2) is 0 Å². The highest BCUT2D eigenvalue weighted by Gasteiger charge is 2.01. The van der Waals surface area contributed by atoms with Crippen molar-refractivity contribution in [3.8, 4) is 11.8 Å². The minimum atomic E-state index is -0.435. The molecule has 0 spiro atoms. The third-order valence-electron chi connectivity index (χ3n) is 2.71. The normalized spacial score (nSPS) is 9.95. The molecule has 1 heterocycles. The van der Waals surface area contributed by atoms with E-state index in [1.807, 2.05) is 6.07 Å². The maximum atomic E-state index is 11.4. The summed E-state index contributed by atoms with van der Waals surface area (Å²) in [5.41, 5.74) is -0.367. The minimum Gasteiger partial charge on any atom is -0.492 e. The first-order chi connectivity index (χ1) is 9.70. The van der Waals surface area contributed by atoms with Crippen LogP contribution in [0.5, 0.6) is 5.75 Å². The predicted octanol–water partition coefficient (Wildman–Crippen LogP) is 0.877. The fourth-order valence-corrected chi connectivity index (χ4v) is 1.72. The topological polar surface area (TPSA) is 87.9 Å². The van der Waals surface area contributed by atoms with Gasteiger partial charge < -0.3 is 9.30 Å². The van der Waals surface area contributed by atoms with Crippen LogP contribution in [0.3, 0.4) is 0 Å². The van der Waals surface area contributed by atoms with Gasteiger partial charge in [0.25, 0.3) is 5.56 Å². The van der Waals surface area contributed by atoms with Crippen molar-refractivity contribution in [1.29, 1.82) is 5.26 Å². The van der Waals surface area contributed by atoms with E-state index in [9.17, 15) is 9.59 Å².